The van der Waals surface area contributed by atoms with Crippen molar-refractivity contribution in [1.82, 2.24) is 0 Å². The van der Waals surface area contributed by atoms with Crippen LogP contribution in [0.1, 0.15) is 54.9 Å². The maximum absolute atomic E-state index is 14.7. The van der Waals surface area contributed by atoms with Gasteiger partial charge in [-0.05, 0) is 38.2 Å². The molecule has 0 aliphatic heterocycles. The van der Waals surface area contributed by atoms with Gasteiger partial charge in [0, 0.05) is 12.1 Å². The minimum atomic E-state index is -0.866. The molecule has 0 aromatic heterocycles. The van der Waals surface area contributed by atoms with E-state index in [9.17, 15) is 19.2 Å². The second-order valence-corrected chi connectivity index (χ2v) is 8.20. The van der Waals surface area contributed by atoms with Crippen molar-refractivity contribution in [1.29, 1.82) is 5.26 Å². The molecule has 2 aromatic rings. The highest BCUT2D eigenvalue weighted by Gasteiger charge is 2.43. The third kappa shape index (κ3) is 5.84. The van der Waals surface area contributed by atoms with Gasteiger partial charge in [-0.2, -0.15) is 5.26 Å². The van der Waals surface area contributed by atoms with Gasteiger partial charge in [-0.3, -0.25) is 4.79 Å². The van der Waals surface area contributed by atoms with Gasteiger partial charge in [-0.15, -0.1) is 0 Å². The summed E-state index contributed by atoms with van der Waals surface area (Å²) in [4.78, 5) is 25.1. The van der Waals surface area contributed by atoms with Gasteiger partial charge in [-0.1, -0.05) is 30.3 Å². The van der Waals surface area contributed by atoms with E-state index in [-0.39, 0.29) is 48.8 Å². The van der Waals surface area contributed by atoms with E-state index in [1.807, 2.05) is 30.3 Å². The molecule has 3 rings (SSSR count). The lowest BCUT2D eigenvalue weighted by atomic mass is 9.71. The van der Waals surface area contributed by atoms with Crippen molar-refractivity contribution >= 4 is 11.9 Å². The van der Waals surface area contributed by atoms with Gasteiger partial charge in [0.2, 0.25) is 0 Å². The van der Waals surface area contributed by atoms with Crippen LogP contribution in [-0.4, -0.2) is 31.8 Å². The first-order valence-corrected chi connectivity index (χ1v) is 11.2. The van der Waals surface area contributed by atoms with Crippen LogP contribution >= 0.6 is 0 Å². The molecule has 1 saturated carbocycles. The molecule has 1 aliphatic carbocycles. The Morgan fingerprint density at radius 1 is 1.12 bits per heavy atom. The molecule has 7 nitrogen and oxygen atoms in total. The predicted molar refractivity (Wildman–Crippen MR) is 121 cm³/mol. The molecule has 1 fully saturated rings. The van der Waals surface area contributed by atoms with E-state index in [0.29, 0.717) is 25.7 Å². The number of nitrogens with zero attached hydrogens (tertiary/aromatic N) is 1. The van der Waals surface area contributed by atoms with E-state index in [2.05, 4.69) is 6.07 Å². The number of ether oxygens (including phenoxy) is 4. The van der Waals surface area contributed by atoms with E-state index in [4.69, 9.17) is 18.9 Å². The summed E-state index contributed by atoms with van der Waals surface area (Å²) >= 11 is 0. The van der Waals surface area contributed by atoms with Crippen LogP contribution in [0.25, 0.3) is 0 Å². The molecule has 0 bridgehead atoms. The van der Waals surface area contributed by atoms with Crippen LogP contribution in [-0.2, 0) is 20.9 Å². The van der Waals surface area contributed by atoms with Crippen LogP contribution in [0.5, 0.6) is 11.5 Å². The number of hydrogen-bond donors (Lipinski definition) is 0. The molecular formula is C26H28FNO6. The number of carbonyl (C=O) groups excluding carboxylic acids is 2. The summed E-state index contributed by atoms with van der Waals surface area (Å²) in [6.07, 6.45) is 1.37. The normalized spacial score (nSPS) is 19.5. The Morgan fingerprint density at radius 3 is 2.44 bits per heavy atom. The summed E-state index contributed by atoms with van der Waals surface area (Å²) in [5.41, 5.74) is 0.00389. The first kappa shape index (κ1) is 25.0. The van der Waals surface area contributed by atoms with Gasteiger partial charge in [0.15, 0.2) is 11.6 Å². The third-order valence-corrected chi connectivity index (χ3v) is 6.00. The van der Waals surface area contributed by atoms with E-state index in [1.165, 1.54) is 13.2 Å². The Morgan fingerprint density at radius 2 is 1.82 bits per heavy atom. The van der Waals surface area contributed by atoms with Crippen molar-refractivity contribution in [2.75, 3.05) is 13.7 Å². The summed E-state index contributed by atoms with van der Waals surface area (Å²) in [6, 6.07) is 13.7. The van der Waals surface area contributed by atoms with Crippen LogP contribution in [0.2, 0.25) is 0 Å². The van der Waals surface area contributed by atoms with Crippen molar-refractivity contribution in [3.05, 3.63) is 59.4 Å². The summed E-state index contributed by atoms with van der Waals surface area (Å²) in [7, 11) is 1.34. The molecule has 0 unspecified atom stereocenters. The molecule has 0 spiro atoms. The highest BCUT2D eigenvalue weighted by atomic mass is 19.1. The Bertz CT molecular complexity index is 1040. The molecular weight excluding hydrogens is 441 g/mol. The number of nitriles is 1. The van der Waals surface area contributed by atoms with Gasteiger partial charge in [0.25, 0.3) is 0 Å². The molecule has 0 amide bonds. The molecule has 34 heavy (non-hydrogen) atoms. The predicted octanol–water partition coefficient (Wildman–Crippen LogP) is 4.98. The zero-order valence-electron chi connectivity index (χ0n) is 19.3. The van der Waals surface area contributed by atoms with E-state index < -0.39 is 17.2 Å². The van der Waals surface area contributed by atoms with Crippen LogP contribution < -0.4 is 9.47 Å². The van der Waals surface area contributed by atoms with Crippen molar-refractivity contribution < 1.29 is 32.9 Å². The third-order valence-electron chi connectivity index (χ3n) is 6.00. The number of hydrogen-bond acceptors (Lipinski definition) is 7. The standard InChI is InChI=1S/C26H28FNO6/c1-3-32-25(30)26(13-14-28)11-9-19(10-12-26)34-23-15-20(22(31-2)16-21(23)27)24(29)33-17-18-7-5-4-6-8-18/h4-8,15-16,19H,3,9-13,17H2,1-2H3. The molecule has 8 heteroatoms. The number of carbonyl (C=O) groups is 2. The minimum absolute atomic E-state index is 0.0434. The van der Waals surface area contributed by atoms with Gasteiger partial charge in [-0.25, -0.2) is 9.18 Å². The summed E-state index contributed by atoms with van der Waals surface area (Å²) in [5.74, 6) is -1.77. The summed E-state index contributed by atoms with van der Waals surface area (Å²) in [5, 5.41) is 9.19. The smallest absolute Gasteiger partial charge is 0.342 e. The maximum Gasteiger partial charge on any atom is 0.342 e. The fraction of sp³-hybridized carbons (Fsp3) is 0.423. The molecule has 180 valence electrons. The largest absolute Gasteiger partial charge is 0.496 e. The number of rotatable bonds is 9. The maximum atomic E-state index is 14.7. The highest BCUT2D eigenvalue weighted by molar-refractivity contribution is 5.93. The van der Waals surface area contributed by atoms with E-state index in [0.717, 1.165) is 11.6 Å². The van der Waals surface area contributed by atoms with Crippen LogP contribution in [0.3, 0.4) is 0 Å². The highest BCUT2D eigenvalue weighted by Crippen LogP contribution is 2.42. The van der Waals surface area contributed by atoms with Crippen molar-refractivity contribution in [2.45, 2.75) is 51.7 Å². The van der Waals surface area contributed by atoms with Crippen molar-refractivity contribution in [3.63, 3.8) is 0 Å². The number of methoxy groups -OCH3 is 1. The van der Waals surface area contributed by atoms with Crippen molar-refractivity contribution in [2.24, 2.45) is 5.41 Å². The van der Waals surface area contributed by atoms with Crippen molar-refractivity contribution in [3.8, 4) is 17.6 Å². The van der Waals surface area contributed by atoms with E-state index >= 15 is 0 Å². The summed E-state index contributed by atoms with van der Waals surface area (Å²) in [6.45, 7) is 2.03. The lowest BCUT2D eigenvalue weighted by Gasteiger charge is -2.36. The molecule has 0 radical (unpaired) electrons. The van der Waals surface area contributed by atoms with Crippen LogP contribution in [0.4, 0.5) is 4.39 Å². The van der Waals surface area contributed by atoms with Crippen LogP contribution in [0.15, 0.2) is 42.5 Å². The fourth-order valence-corrected chi connectivity index (χ4v) is 4.08. The molecule has 1 aliphatic rings. The Balaban J connectivity index is 1.71. The minimum Gasteiger partial charge on any atom is -0.496 e. The lowest BCUT2D eigenvalue weighted by Crippen LogP contribution is -2.39. The van der Waals surface area contributed by atoms with Gasteiger partial charge < -0.3 is 18.9 Å². The van der Waals surface area contributed by atoms with Gasteiger partial charge in [0.1, 0.15) is 17.9 Å². The molecule has 2 aromatic carbocycles. The quantitative estimate of drug-likeness (QED) is 0.478. The Kier molecular flexibility index (Phi) is 8.47. The molecule has 0 heterocycles. The lowest BCUT2D eigenvalue weighted by molar-refractivity contribution is -0.158. The number of esters is 2. The average Bonchev–Trinajstić information content (AvgIpc) is 2.85. The summed E-state index contributed by atoms with van der Waals surface area (Å²) < 4.78 is 36.3. The Labute approximate surface area is 198 Å². The SMILES string of the molecule is CCOC(=O)C1(CC#N)CCC(Oc2cc(C(=O)OCc3ccccc3)c(OC)cc2F)CC1. The zero-order valence-corrected chi connectivity index (χ0v) is 19.3. The first-order valence-electron chi connectivity index (χ1n) is 11.2. The number of halogens is 1. The molecule has 0 N–H and O–H groups in total. The fourth-order valence-electron chi connectivity index (χ4n) is 4.08. The Hall–Kier alpha value is -3.60. The van der Waals surface area contributed by atoms with E-state index in [1.54, 1.807) is 6.92 Å². The monoisotopic (exact) mass is 469 g/mol. The number of benzene rings is 2. The van der Waals surface area contributed by atoms with Gasteiger partial charge in [0.05, 0.1) is 37.7 Å². The van der Waals surface area contributed by atoms with Gasteiger partial charge >= 0.3 is 11.9 Å². The zero-order chi connectivity index (χ0) is 24.6. The average molecular weight is 470 g/mol. The molecule has 0 atom stereocenters. The van der Waals surface area contributed by atoms with Crippen LogP contribution in [0, 0.1) is 22.6 Å². The second-order valence-electron chi connectivity index (χ2n) is 8.20. The first-order chi connectivity index (χ1) is 16.4. The topological polar surface area (TPSA) is 94.9 Å². The molecule has 0 saturated heterocycles. The second kappa shape index (κ2) is 11.5.